The van der Waals surface area contributed by atoms with Crippen LogP contribution in [0.4, 0.5) is 0 Å². The summed E-state index contributed by atoms with van der Waals surface area (Å²) in [6.07, 6.45) is 3.14. The maximum Gasteiger partial charge on any atom is 0.224 e. The smallest absolute Gasteiger partial charge is 0.224 e. The molecular weight excluding hydrogens is 202 g/mol. The summed E-state index contributed by atoms with van der Waals surface area (Å²) in [4.78, 5) is 13.7. The Hall–Kier alpha value is -1.08. The zero-order valence-electron chi connectivity index (χ0n) is 10.1. The maximum absolute atomic E-state index is 12.0. The summed E-state index contributed by atoms with van der Waals surface area (Å²) in [6.45, 7) is 4.46. The van der Waals surface area contributed by atoms with E-state index < -0.39 is 0 Å². The number of carbonyl (C=O) groups excluding carboxylic acids is 1. The van der Waals surface area contributed by atoms with Gasteiger partial charge in [-0.1, -0.05) is 0 Å². The van der Waals surface area contributed by atoms with Crippen LogP contribution in [0.5, 0.6) is 0 Å². The number of rotatable bonds is 6. The van der Waals surface area contributed by atoms with Gasteiger partial charge in [0.15, 0.2) is 0 Å². The van der Waals surface area contributed by atoms with Crippen LogP contribution in [0.3, 0.4) is 0 Å². The van der Waals surface area contributed by atoms with Crippen LogP contribution in [0.15, 0.2) is 0 Å². The van der Waals surface area contributed by atoms with Gasteiger partial charge in [-0.25, -0.2) is 0 Å². The van der Waals surface area contributed by atoms with E-state index in [2.05, 4.69) is 6.07 Å². The monoisotopic (exact) mass is 223 g/mol. The lowest BCUT2D eigenvalue weighted by molar-refractivity contribution is -0.133. The van der Waals surface area contributed by atoms with E-state index in [0.717, 1.165) is 12.8 Å². The highest BCUT2D eigenvalue weighted by Crippen LogP contribution is 2.33. The van der Waals surface area contributed by atoms with Crippen LogP contribution in [0, 0.1) is 17.2 Å². The van der Waals surface area contributed by atoms with E-state index in [9.17, 15) is 4.79 Å². The zero-order valence-corrected chi connectivity index (χ0v) is 10.1. The third-order valence-electron chi connectivity index (χ3n) is 3.05. The first-order chi connectivity index (χ1) is 7.56. The van der Waals surface area contributed by atoms with Crippen LogP contribution >= 0.6 is 0 Å². The second-order valence-corrected chi connectivity index (χ2v) is 4.79. The number of carbonyl (C=O) groups is 1. The second kappa shape index (κ2) is 5.86. The Morgan fingerprint density at radius 1 is 1.56 bits per heavy atom. The topological polar surface area (TPSA) is 70.1 Å². The summed E-state index contributed by atoms with van der Waals surface area (Å²) in [6, 6.07) is 2.23. The number of hydrogen-bond donors (Lipinski definition) is 1. The van der Waals surface area contributed by atoms with E-state index in [1.54, 1.807) is 4.90 Å². The van der Waals surface area contributed by atoms with Crippen LogP contribution in [-0.4, -0.2) is 29.4 Å². The third kappa shape index (κ3) is 3.82. The molecule has 1 aliphatic carbocycles. The summed E-state index contributed by atoms with van der Waals surface area (Å²) in [5.74, 6) is 0.638. The molecule has 90 valence electrons. The fourth-order valence-corrected chi connectivity index (χ4v) is 1.85. The van der Waals surface area contributed by atoms with Crippen molar-refractivity contribution in [2.75, 3.05) is 6.54 Å². The highest BCUT2D eigenvalue weighted by atomic mass is 16.2. The van der Waals surface area contributed by atoms with Crippen molar-refractivity contribution < 1.29 is 4.79 Å². The predicted molar refractivity (Wildman–Crippen MR) is 62.4 cm³/mol. The first-order valence-electron chi connectivity index (χ1n) is 5.98. The molecule has 0 aliphatic heterocycles. The van der Waals surface area contributed by atoms with Gasteiger partial charge >= 0.3 is 0 Å². The molecule has 1 aliphatic rings. The molecule has 0 aromatic rings. The first-order valence-corrected chi connectivity index (χ1v) is 5.98. The van der Waals surface area contributed by atoms with Crippen molar-refractivity contribution in [2.24, 2.45) is 11.7 Å². The minimum atomic E-state index is 0.0100. The van der Waals surface area contributed by atoms with Crippen molar-refractivity contribution >= 4 is 5.91 Å². The number of nitrogens with zero attached hydrogens (tertiary/aromatic N) is 2. The van der Waals surface area contributed by atoms with Crippen LogP contribution in [0.1, 0.15) is 39.5 Å². The standard InChI is InChI=1S/C12H21N3O/c1-9(2)15(7-3-6-13)12(16)8-11(14)10-4-5-10/h9-11H,3-5,7-8,14H2,1-2H3. The maximum atomic E-state index is 12.0. The van der Waals surface area contributed by atoms with Gasteiger partial charge in [-0.05, 0) is 32.6 Å². The molecule has 4 nitrogen and oxygen atoms in total. The summed E-state index contributed by atoms with van der Waals surface area (Å²) < 4.78 is 0. The molecule has 1 amide bonds. The Labute approximate surface area is 97.4 Å². The lowest BCUT2D eigenvalue weighted by atomic mass is 10.1. The molecule has 1 saturated carbocycles. The SMILES string of the molecule is CC(C)N(CCC#N)C(=O)CC(N)C1CC1. The molecule has 16 heavy (non-hydrogen) atoms. The predicted octanol–water partition coefficient (Wildman–Crippen LogP) is 1.26. The Bertz CT molecular complexity index is 278. The third-order valence-corrected chi connectivity index (χ3v) is 3.05. The van der Waals surface area contributed by atoms with Crippen molar-refractivity contribution in [1.82, 2.24) is 4.90 Å². The van der Waals surface area contributed by atoms with Crippen molar-refractivity contribution in [3.63, 3.8) is 0 Å². The summed E-state index contributed by atoms with van der Waals surface area (Å²) in [5.41, 5.74) is 5.93. The minimum absolute atomic E-state index is 0.0100. The molecule has 0 aromatic heterocycles. The van der Waals surface area contributed by atoms with Crippen LogP contribution in [-0.2, 0) is 4.79 Å². The summed E-state index contributed by atoms with van der Waals surface area (Å²) >= 11 is 0. The molecule has 1 fully saturated rings. The van der Waals surface area contributed by atoms with Gasteiger partial charge in [0.1, 0.15) is 0 Å². The largest absolute Gasteiger partial charge is 0.339 e. The van der Waals surface area contributed by atoms with Crippen molar-refractivity contribution in [2.45, 2.75) is 51.6 Å². The Kier molecular flexibility index (Phi) is 4.75. The lowest BCUT2D eigenvalue weighted by Crippen LogP contribution is -2.41. The zero-order chi connectivity index (χ0) is 12.1. The van der Waals surface area contributed by atoms with Crippen LogP contribution < -0.4 is 5.73 Å². The second-order valence-electron chi connectivity index (χ2n) is 4.79. The molecule has 1 atom stereocenters. The normalized spacial score (nSPS) is 16.9. The molecular formula is C12H21N3O. The number of nitriles is 1. The van der Waals surface area contributed by atoms with Crippen molar-refractivity contribution in [1.29, 1.82) is 5.26 Å². The number of nitrogens with two attached hydrogens (primary N) is 1. The highest BCUT2D eigenvalue weighted by molar-refractivity contribution is 5.77. The fourth-order valence-electron chi connectivity index (χ4n) is 1.85. The van der Waals surface area contributed by atoms with Gasteiger partial charge in [-0.3, -0.25) is 4.79 Å². The van der Waals surface area contributed by atoms with E-state index >= 15 is 0 Å². The average molecular weight is 223 g/mol. The van der Waals surface area contributed by atoms with E-state index in [0.29, 0.717) is 25.3 Å². The first kappa shape index (κ1) is 13.0. The van der Waals surface area contributed by atoms with E-state index in [1.165, 1.54) is 0 Å². The number of amides is 1. The van der Waals surface area contributed by atoms with Gasteiger partial charge in [0.05, 0.1) is 12.5 Å². The van der Waals surface area contributed by atoms with Crippen molar-refractivity contribution in [3.8, 4) is 6.07 Å². The molecule has 0 spiro atoms. The van der Waals surface area contributed by atoms with Gasteiger partial charge in [0.2, 0.25) is 5.91 Å². The molecule has 0 heterocycles. The summed E-state index contributed by atoms with van der Waals surface area (Å²) in [5, 5.41) is 8.55. The lowest BCUT2D eigenvalue weighted by Gasteiger charge is -2.27. The van der Waals surface area contributed by atoms with Crippen molar-refractivity contribution in [3.05, 3.63) is 0 Å². The molecule has 1 unspecified atom stereocenters. The van der Waals surface area contributed by atoms with Gasteiger partial charge in [-0.2, -0.15) is 5.26 Å². The van der Waals surface area contributed by atoms with E-state index in [-0.39, 0.29) is 18.0 Å². The van der Waals surface area contributed by atoms with E-state index in [1.807, 2.05) is 13.8 Å². The molecule has 0 bridgehead atoms. The van der Waals surface area contributed by atoms with Crippen LogP contribution in [0.2, 0.25) is 0 Å². The molecule has 4 heteroatoms. The molecule has 0 saturated heterocycles. The average Bonchev–Trinajstić information content (AvgIpc) is 3.00. The van der Waals surface area contributed by atoms with Gasteiger partial charge in [0.25, 0.3) is 0 Å². The Balaban J connectivity index is 2.42. The Morgan fingerprint density at radius 2 is 2.19 bits per heavy atom. The molecule has 0 radical (unpaired) electrons. The highest BCUT2D eigenvalue weighted by Gasteiger charge is 2.31. The van der Waals surface area contributed by atoms with Crippen LogP contribution in [0.25, 0.3) is 0 Å². The molecule has 2 N–H and O–H groups in total. The number of hydrogen-bond acceptors (Lipinski definition) is 3. The fraction of sp³-hybridized carbons (Fsp3) is 0.833. The molecule has 1 rings (SSSR count). The quantitative estimate of drug-likeness (QED) is 0.737. The Morgan fingerprint density at radius 3 is 2.62 bits per heavy atom. The van der Waals surface area contributed by atoms with Gasteiger partial charge in [-0.15, -0.1) is 0 Å². The van der Waals surface area contributed by atoms with Gasteiger partial charge in [0, 0.05) is 25.0 Å². The molecule has 0 aromatic carbocycles. The van der Waals surface area contributed by atoms with E-state index in [4.69, 9.17) is 11.0 Å². The minimum Gasteiger partial charge on any atom is -0.339 e. The van der Waals surface area contributed by atoms with Gasteiger partial charge < -0.3 is 10.6 Å². The summed E-state index contributed by atoms with van der Waals surface area (Å²) in [7, 11) is 0.